The largest absolute Gasteiger partial charge is 0.375 e. The molecule has 0 aromatic heterocycles. The van der Waals surface area contributed by atoms with E-state index in [1.165, 1.54) is 11.3 Å². The first-order valence-corrected chi connectivity index (χ1v) is 7.02. The van der Waals surface area contributed by atoms with Gasteiger partial charge in [-0.15, -0.1) is 0 Å². The number of para-hydroxylation sites is 1. The van der Waals surface area contributed by atoms with E-state index in [1.807, 2.05) is 38.1 Å². The van der Waals surface area contributed by atoms with E-state index in [2.05, 4.69) is 62.2 Å². The van der Waals surface area contributed by atoms with Crippen LogP contribution in [0, 0.1) is 6.92 Å². The summed E-state index contributed by atoms with van der Waals surface area (Å²) in [7, 11) is 2.09. The molecule has 0 amide bonds. The van der Waals surface area contributed by atoms with E-state index >= 15 is 0 Å². The molecule has 0 radical (unpaired) electrons. The molecule has 0 aliphatic heterocycles. The lowest BCUT2D eigenvalue weighted by molar-refractivity contribution is 0.968. The number of anilines is 1. The third-order valence-corrected chi connectivity index (χ3v) is 2.61. The number of nitrogens with zero attached hydrogens (tertiary/aromatic N) is 1. The molecule has 2 aromatic carbocycles. The van der Waals surface area contributed by atoms with Crippen LogP contribution in [0.2, 0.25) is 0 Å². The molecule has 0 unspecified atom stereocenters. The predicted molar refractivity (Wildman–Crippen MR) is 87.9 cm³/mol. The van der Waals surface area contributed by atoms with Gasteiger partial charge in [-0.1, -0.05) is 67.9 Å². The summed E-state index contributed by atoms with van der Waals surface area (Å²) < 4.78 is 0. The average Bonchev–Trinajstić information content (AvgIpc) is 2.51. The Kier molecular flexibility index (Phi) is 10.3. The smallest absolute Gasteiger partial charge is 0.0363 e. The minimum atomic E-state index is 1.06. The van der Waals surface area contributed by atoms with Crippen LogP contribution >= 0.6 is 0 Å². The fraction of sp³-hybridized carbons (Fsp3) is 0.333. The van der Waals surface area contributed by atoms with E-state index in [1.54, 1.807) is 0 Å². The molecule has 0 aliphatic carbocycles. The number of benzene rings is 2. The molecule has 0 saturated heterocycles. The third kappa shape index (κ3) is 8.04. The molecule has 19 heavy (non-hydrogen) atoms. The molecule has 0 aliphatic rings. The number of hydrogen-bond donors (Lipinski definition) is 0. The van der Waals surface area contributed by atoms with Gasteiger partial charge < -0.3 is 4.90 Å². The average molecular weight is 257 g/mol. The Hall–Kier alpha value is -1.76. The van der Waals surface area contributed by atoms with E-state index in [0.717, 1.165) is 6.54 Å². The summed E-state index contributed by atoms with van der Waals surface area (Å²) >= 11 is 0. The van der Waals surface area contributed by atoms with Gasteiger partial charge in [-0.25, -0.2) is 0 Å². The second kappa shape index (κ2) is 11.3. The Bertz CT molecular complexity index is 395. The summed E-state index contributed by atoms with van der Waals surface area (Å²) in [6.07, 6.45) is 0. The van der Waals surface area contributed by atoms with Crippen LogP contribution in [0.5, 0.6) is 0 Å². The molecule has 1 nitrogen and oxygen atoms in total. The molecule has 2 aromatic rings. The van der Waals surface area contributed by atoms with Crippen molar-refractivity contribution in [2.24, 2.45) is 0 Å². The van der Waals surface area contributed by atoms with Crippen molar-refractivity contribution >= 4 is 5.69 Å². The molecule has 0 heterocycles. The molecular weight excluding hydrogens is 230 g/mol. The van der Waals surface area contributed by atoms with E-state index in [4.69, 9.17) is 0 Å². The number of rotatable bonds is 2. The zero-order valence-corrected chi connectivity index (χ0v) is 12.9. The Morgan fingerprint density at radius 1 is 0.789 bits per heavy atom. The molecule has 1 heteroatoms. The Balaban J connectivity index is 0.000000316. The van der Waals surface area contributed by atoms with Crippen molar-refractivity contribution in [1.82, 2.24) is 0 Å². The van der Waals surface area contributed by atoms with Gasteiger partial charge in [-0.2, -0.15) is 0 Å². The van der Waals surface area contributed by atoms with E-state index in [0.29, 0.717) is 0 Å². The quantitative estimate of drug-likeness (QED) is 0.718. The zero-order chi connectivity index (χ0) is 14.5. The maximum Gasteiger partial charge on any atom is 0.0363 e. The Labute approximate surface area is 118 Å². The monoisotopic (exact) mass is 257 g/mol. The Morgan fingerprint density at radius 2 is 1.21 bits per heavy atom. The van der Waals surface area contributed by atoms with Crippen LogP contribution in [0.4, 0.5) is 5.69 Å². The summed E-state index contributed by atoms with van der Waals surface area (Å²) in [4.78, 5) is 2.21. The van der Waals surface area contributed by atoms with Crippen LogP contribution in [0.1, 0.15) is 26.3 Å². The number of aryl methyl sites for hydroxylation is 1. The summed E-state index contributed by atoms with van der Waals surface area (Å²) in [6.45, 7) is 9.29. The highest BCUT2D eigenvalue weighted by atomic mass is 15.1. The summed E-state index contributed by atoms with van der Waals surface area (Å²) in [6, 6.07) is 20.6. The van der Waals surface area contributed by atoms with Gasteiger partial charge in [0.05, 0.1) is 0 Å². The van der Waals surface area contributed by atoms with Crippen LogP contribution < -0.4 is 4.90 Å². The van der Waals surface area contributed by atoms with Crippen LogP contribution in [-0.2, 0) is 0 Å². The molecule has 104 valence electrons. The van der Waals surface area contributed by atoms with Crippen molar-refractivity contribution in [2.75, 3.05) is 18.5 Å². The minimum Gasteiger partial charge on any atom is -0.375 e. The fourth-order valence-electron chi connectivity index (χ4n) is 1.40. The normalized spacial score (nSPS) is 8.47. The van der Waals surface area contributed by atoms with Crippen molar-refractivity contribution in [3.63, 3.8) is 0 Å². The molecule has 0 spiro atoms. The van der Waals surface area contributed by atoms with E-state index in [9.17, 15) is 0 Å². The summed E-state index contributed by atoms with van der Waals surface area (Å²) in [5, 5.41) is 0. The topological polar surface area (TPSA) is 3.24 Å². The van der Waals surface area contributed by atoms with Gasteiger partial charge in [0.1, 0.15) is 0 Å². The third-order valence-electron chi connectivity index (χ3n) is 2.61. The van der Waals surface area contributed by atoms with Gasteiger partial charge >= 0.3 is 0 Å². The fourth-order valence-corrected chi connectivity index (χ4v) is 1.40. The molecule has 2 rings (SSSR count). The SMILES string of the molecule is CC.CCN(C)c1ccccc1.Cc1ccccc1. The molecule has 0 atom stereocenters. The van der Waals surface area contributed by atoms with Gasteiger partial charge in [0, 0.05) is 19.3 Å². The molecular formula is C18H27N. The molecule has 0 saturated carbocycles. The van der Waals surface area contributed by atoms with E-state index in [-0.39, 0.29) is 0 Å². The zero-order valence-electron chi connectivity index (χ0n) is 12.9. The van der Waals surface area contributed by atoms with Crippen molar-refractivity contribution in [3.05, 3.63) is 66.2 Å². The second-order valence-corrected chi connectivity index (χ2v) is 4.00. The first-order chi connectivity index (χ1) is 9.24. The van der Waals surface area contributed by atoms with Crippen molar-refractivity contribution < 1.29 is 0 Å². The second-order valence-electron chi connectivity index (χ2n) is 4.00. The highest BCUT2D eigenvalue weighted by Crippen LogP contribution is 2.09. The molecule has 0 bridgehead atoms. The number of hydrogen-bond acceptors (Lipinski definition) is 1. The van der Waals surface area contributed by atoms with Crippen LogP contribution in [0.25, 0.3) is 0 Å². The Morgan fingerprint density at radius 3 is 1.53 bits per heavy atom. The first kappa shape index (κ1) is 17.2. The lowest BCUT2D eigenvalue weighted by atomic mass is 10.2. The standard InChI is InChI=1S/C9H13N.C7H8.C2H6/c1-3-10(2)9-7-5-4-6-8-9;1-7-5-3-2-4-6-7;1-2/h4-8H,3H2,1-2H3;2-6H,1H3;1-2H3. The van der Waals surface area contributed by atoms with Crippen LogP contribution in [0.15, 0.2) is 60.7 Å². The van der Waals surface area contributed by atoms with Crippen LogP contribution in [-0.4, -0.2) is 13.6 Å². The maximum atomic E-state index is 2.21. The summed E-state index contributed by atoms with van der Waals surface area (Å²) in [5.74, 6) is 0. The predicted octanol–water partition coefficient (Wildman–Crippen LogP) is 5.16. The first-order valence-electron chi connectivity index (χ1n) is 7.02. The van der Waals surface area contributed by atoms with Gasteiger partial charge in [0.2, 0.25) is 0 Å². The lowest BCUT2D eigenvalue weighted by Gasteiger charge is -2.15. The van der Waals surface area contributed by atoms with Gasteiger partial charge in [-0.3, -0.25) is 0 Å². The molecule has 0 N–H and O–H groups in total. The van der Waals surface area contributed by atoms with Crippen LogP contribution in [0.3, 0.4) is 0 Å². The van der Waals surface area contributed by atoms with Crippen molar-refractivity contribution in [2.45, 2.75) is 27.7 Å². The van der Waals surface area contributed by atoms with E-state index < -0.39 is 0 Å². The highest BCUT2D eigenvalue weighted by molar-refractivity contribution is 5.44. The molecule has 0 fully saturated rings. The van der Waals surface area contributed by atoms with Crippen molar-refractivity contribution in [1.29, 1.82) is 0 Å². The maximum absolute atomic E-state index is 2.21. The lowest BCUT2D eigenvalue weighted by Crippen LogP contribution is -2.15. The van der Waals surface area contributed by atoms with Gasteiger partial charge in [0.25, 0.3) is 0 Å². The summed E-state index contributed by atoms with van der Waals surface area (Å²) in [5.41, 5.74) is 2.60. The highest BCUT2D eigenvalue weighted by Gasteiger charge is 1.92. The van der Waals surface area contributed by atoms with Crippen molar-refractivity contribution in [3.8, 4) is 0 Å². The minimum absolute atomic E-state index is 1.06. The van der Waals surface area contributed by atoms with Gasteiger partial charge in [-0.05, 0) is 26.0 Å². The van der Waals surface area contributed by atoms with Gasteiger partial charge in [0.15, 0.2) is 0 Å².